The van der Waals surface area contributed by atoms with Gasteiger partial charge in [-0.05, 0) is 49.2 Å². The summed E-state index contributed by atoms with van der Waals surface area (Å²) in [7, 11) is 0. The second-order valence-electron chi connectivity index (χ2n) is 8.51. The standard InChI is InChI=1S/C27H31N3O2S/c1-21(2)32-27(31)25-9-6-14-28-26(25)30-17-15-29(16-18-30)19-22-10-12-24(13-11-22)33-20-23-7-4-3-5-8-23/h3-14,21H,15-20H2,1-2H3. The van der Waals surface area contributed by atoms with Crippen LogP contribution in [0, 0.1) is 0 Å². The van der Waals surface area contributed by atoms with Gasteiger partial charge in [0, 0.05) is 49.6 Å². The number of hydrogen-bond donors (Lipinski definition) is 0. The van der Waals surface area contributed by atoms with E-state index in [9.17, 15) is 4.79 Å². The highest BCUT2D eigenvalue weighted by Gasteiger charge is 2.23. The van der Waals surface area contributed by atoms with Crippen molar-refractivity contribution in [2.24, 2.45) is 0 Å². The van der Waals surface area contributed by atoms with Crippen molar-refractivity contribution >= 4 is 23.5 Å². The van der Waals surface area contributed by atoms with Gasteiger partial charge in [-0.15, -0.1) is 11.8 Å². The van der Waals surface area contributed by atoms with Crippen LogP contribution in [0.1, 0.15) is 35.3 Å². The van der Waals surface area contributed by atoms with Gasteiger partial charge >= 0.3 is 5.97 Å². The van der Waals surface area contributed by atoms with Crippen molar-refractivity contribution in [3.63, 3.8) is 0 Å². The molecule has 0 bridgehead atoms. The Bertz CT molecular complexity index is 1030. The maximum Gasteiger partial charge on any atom is 0.342 e. The third-order valence-corrected chi connectivity index (χ3v) is 6.68. The van der Waals surface area contributed by atoms with E-state index >= 15 is 0 Å². The number of pyridine rings is 1. The van der Waals surface area contributed by atoms with E-state index in [2.05, 4.69) is 69.4 Å². The maximum atomic E-state index is 12.5. The number of hydrogen-bond acceptors (Lipinski definition) is 6. The van der Waals surface area contributed by atoms with Crippen molar-refractivity contribution in [3.8, 4) is 0 Å². The minimum absolute atomic E-state index is 0.148. The molecule has 2 heterocycles. The van der Waals surface area contributed by atoms with E-state index in [-0.39, 0.29) is 12.1 Å². The summed E-state index contributed by atoms with van der Waals surface area (Å²) in [6, 6.07) is 23.1. The fourth-order valence-electron chi connectivity index (χ4n) is 3.89. The number of rotatable bonds is 8. The molecule has 1 aliphatic rings. The van der Waals surface area contributed by atoms with E-state index in [0.717, 1.165) is 44.3 Å². The van der Waals surface area contributed by atoms with E-state index in [1.807, 2.05) is 25.6 Å². The lowest BCUT2D eigenvalue weighted by atomic mass is 10.2. The minimum Gasteiger partial charge on any atom is -0.459 e. The largest absolute Gasteiger partial charge is 0.459 e. The molecule has 0 aliphatic carbocycles. The number of ether oxygens (including phenoxy) is 1. The lowest BCUT2D eigenvalue weighted by Crippen LogP contribution is -2.46. The number of thioether (sulfide) groups is 1. The predicted octanol–water partition coefficient (Wildman–Crippen LogP) is 5.26. The summed E-state index contributed by atoms with van der Waals surface area (Å²) < 4.78 is 5.40. The molecule has 0 N–H and O–H groups in total. The van der Waals surface area contributed by atoms with Crippen molar-refractivity contribution in [2.75, 3.05) is 31.1 Å². The average Bonchev–Trinajstić information content (AvgIpc) is 2.84. The van der Waals surface area contributed by atoms with Crippen LogP contribution in [-0.4, -0.2) is 48.1 Å². The summed E-state index contributed by atoms with van der Waals surface area (Å²) in [6.45, 7) is 8.19. The number of piperazine rings is 1. The Balaban J connectivity index is 1.29. The van der Waals surface area contributed by atoms with Crippen LogP contribution in [0.25, 0.3) is 0 Å². The van der Waals surface area contributed by atoms with Gasteiger partial charge in [-0.2, -0.15) is 0 Å². The van der Waals surface area contributed by atoms with Gasteiger partial charge in [-0.3, -0.25) is 4.90 Å². The first kappa shape index (κ1) is 23.3. The molecule has 6 heteroatoms. The fourth-order valence-corrected chi connectivity index (χ4v) is 4.75. The Kier molecular flexibility index (Phi) is 8.02. The van der Waals surface area contributed by atoms with E-state index in [1.54, 1.807) is 18.3 Å². The second kappa shape index (κ2) is 11.3. The van der Waals surface area contributed by atoms with Crippen molar-refractivity contribution in [3.05, 3.63) is 89.6 Å². The molecule has 0 saturated carbocycles. The first-order valence-corrected chi connectivity index (χ1v) is 12.5. The second-order valence-corrected chi connectivity index (χ2v) is 9.56. The van der Waals surface area contributed by atoms with E-state index < -0.39 is 0 Å². The number of anilines is 1. The van der Waals surface area contributed by atoms with Gasteiger partial charge in [0.1, 0.15) is 11.4 Å². The van der Waals surface area contributed by atoms with E-state index in [1.165, 1.54) is 16.0 Å². The zero-order valence-corrected chi connectivity index (χ0v) is 20.1. The zero-order chi connectivity index (χ0) is 23.0. The van der Waals surface area contributed by atoms with Crippen LogP contribution in [0.5, 0.6) is 0 Å². The summed E-state index contributed by atoms with van der Waals surface area (Å²) in [6.07, 6.45) is 1.59. The summed E-state index contributed by atoms with van der Waals surface area (Å²) in [5.74, 6) is 1.41. The molecule has 1 fully saturated rings. The summed E-state index contributed by atoms with van der Waals surface area (Å²) in [5, 5.41) is 0. The van der Waals surface area contributed by atoms with Crippen LogP contribution in [-0.2, 0) is 17.0 Å². The highest BCUT2D eigenvalue weighted by molar-refractivity contribution is 7.98. The number of esters is 1. The molecular formula is C27H31N3O2S. The molecule has 2 aromatic carbocycles. The summed E-state index contributed by atoms with van der Waals surface area (Å²) >= 11 is 1.87. The van der Waals surface area contributed by atoms with Crippen LogP contribution in [0.4, 0.5) is 5.82 Å². The minimum atomic E-state index is -0.305. The Morgan fingerprint density at radius 2 is 1.67 bits per heavy atom. The maximum absolute atomic E-state index is 12.5. The number of carbonyl (C=O) groups is 1. The van der Waals surface area contributed by atoms with Gasteiger partial charge in [0.25, 0.3) is 0 Å². The summed E-state index contributed by atoms with van der Waals surface area (Å²) in [5.41, 5.74) is 3.22. The molecule has 4 rings (SSSR count). The van der Waals surface area contributed by atoms with Gasteiger partial charge < -0.3 is 9.64 Å². The molecule has 1 saturated heterocycles. The number of nitrogens with zero attached hydrogens (tertiary/aromatic N) is 3. The topological polar surface area (TPSA) is 45.7 Å². The molecule has 0 amide bonds. The fraction of sp³-hybridized carbons (Fsp3) is 0.333. The zero-order valence-electron chi connectivity index (χ0n) is 19.3. The average molecular weight is 462 g/mol. The van der Waals surface area contributed by atoms with Gasteiger partial charge in [-0.1, -0.05) is 42.5 Å². The first-order valence-electron chi connectivity index (χ1n) is 11.5. The third kappa shape index (κ3) is 6.59. The van der Waals surface area contributed by atoms with E-state index in [0.29, 0.717) is 5.56 Å². The lowest BCUT2D eigenvalue weighted by molar-refractivity contribution is 0.0378. The third-order valence-electron chi connectivity index (χ3n) is 5.60. The van der Waals surface area contributed by atoms with Gasteiger partial charge in [-0.25, -0.2) is 9.78 Å². The molecule has 0 radical (unpaired) electrons. The quantitative estimate of drug-likeness (QED) is 0.337. The number of benzene rings is 2. The van der Waals surface area contributed by atoms with Crippen LogP contribution in [0.2, 0.25) is 0 Å². The lowest BCUT2D eigenvalue weighted by Gasteiger charge is -2.36. The molecule has 3 aromatic rings. The highest BCUT2D eigenvalue weighted by Crippen LogP contribution is 2.24. The monoisotopic (exact) mass is 461 g/mol. The van der Waals surface area contributed by atoms with Crippen LogP contribution in [0.3, 0.4) is 0 Å². The van der Waals surface area contributed by atoms with Crippen LogP contribution >= 0.6 is 11.8 Å². The highest BCUT2D eigenvalue weighted by atomic mass is 32.2. The van der Waals surface area contributed by atoms with E-state index in [4.69, 9.17) is 4.74 Å². The van der Waals surface area contributed by atoms with Crippen molar-refractivity contribution in [2.45, 2.75) is 37.1 Å². The Morgan fingerprint density at radius 3 is 2.36 bits per heavy atom. The molecule has 0 unspecified atom stereocenters. The van der Waals surface area contributed by atoms with Crippen molar-refractivity contribution in [1.82, 2.24) is 9.88 Å². The summed E-state index contributed by atoms with van der Waals surface area (Å²) in [4.78, 5) is 22.9. The van der Waals surface area contributed by atoms with Gasteiger partial charge in [0.15, 0.2) is 0 Å². The molecular weight excluding hydrogens is 430 g/mol. The smallest absolute Gasteiger partial charge is 0.342 e. The normalized spacial score (nSPS) is 14.5. The van der Waals surface area contributed by atoms with Crippen molar-refractivity contribution in [1.29, 1.82) is 0 Å². The van der Waals surface area contributed by atoms with Crippen LogP contribution < -0.4 is 4.90 Å². The molecule has 172 valence electrons. The molecule has 0 spiro atoms. The molecule has 0 atom stereocenters. The molecule has 33 heavy (non-hydrogen) atoms. The number of carbonyl (C=O) groups excluding carboxylic acids is 1. The molecule has 1 aliphatic heterocycles. The Morgan fingerprint density at radius 1 is 0.939 bits per heavy atom. The van der Waals surface area contributed by atoms with Crippen LogP contribution in [0.15, 0.2) is 77.8 Å². The van der Waals surface area contributed by atoms with Gasteiger partial charge in [0.05, 0.1) is 6.10 Å². The molecule has 1 aromatic heterocycles. The SMILES string of the molecule is CC(C)OC(=O)c1cccnc1N1CCN(Cc2ccc(SCc3ccccc3)cc2)CC1. The first-order chi connectivity index (χ1) is 16.1. The van der Waals surface area contributed by atoms with Gasteiger partial charge in [0.2, 0.25) is 0 Å². The van der Waals surface area contributed by atoms with Crippen molar-refractivity contribution < 1.29 is 9.53 Å². The molecule has 5 nitrogen and oxygen atoms in total. The number of aromatic nitrogens is 1. The Labute approximate surface area is 200 Å². The predicted molar refractivity (Wildman–Crippen MR) is 135 cm³/mol. The Hall–Kier alpha value is -2.83.